The summed E-state index contributed by atoms with van der Waals surface area (Å²) in [6.07, 6.45) is 1.77. The van der Waals surface area contributed by atoms with Gasteiger partial charge in [-0.25, -0.2) is 8.42 Å². The number of amides is 2. The highest BCUT2D eigenvalue weighted by molar-refractivity contribution is 7.92. The van der Waals surface area contributed by atoms with Crippen LogP contribution in [0.4, 0.5) is 5.69 Å². The average molecular weight is 524 g/mol. The van der Waals surface area contributed by atoms with E-state index in [2.05, 4.69) is 5.32 Å². The van der Waals surface area contributed by atoms with Gasteiger partial charge in [0.1, 0.15) is 18.3 Å². The van der Waals surface area contributed by atoms with Gasteiger partial charge in [-0.1, -0.05) is 36.7 Å². The first-order chi connectivity index (χ1) is 16.4. The maximum Gasteiger partial charge on any atom is 0.244 e. The Bertz CT molecular complexity index is 1140. The Balaban J connectivity index is 2.42. The number of ether oxygens (including phenoxy) is 1. The third-order valence-corrected chi connectivity index (χ3v) is 7.16. The number of hydrogen-bond acceptors (Lipinski definition) is 5. The normalized spacial score (nSPS) is 13.0. The van der Waals surface area contributed by atoms with E-state index in [4.69, 9.17) is 16.3 Å². The van der Waals surface area contributed by atoms with Crippen LogP contribution in [0, 0.1) is 6.92 Å². The highest BCUT2D eigenvalue weighted by Gasteiger charge is 2.31. The third-order valence-electron chi connectivity index (χ3n) is 5.80. The summed E-state index contributed by atoms with van der Waals surface area (Å²) < 4.78 is 31.6. The molecule has 2 amide bonds. The Hall–Kier alpha value is -2.78. The lowest BCUT2D eigenvalue weighted by molar-refractivity contribution is -0.139. The second-order valence-electron chi connectivity index (χ2n) is 8.56. The summed E-state index contributed by atoms with van der Waals surface area (Å²) in [6.45, 7) is 6.85. The van der Waals surface area contributed by atoms with Gasteiger partial charge < -0.3 is 15.0 Å². The molecule has 192 valence electrons. The number of halogens is 1. The zero-order valence-electron chi connectivity index (χ0n) is 21.0. The van der Waals surface area contributed by atoms with E-state index in [1.165, 1.54) is 11.0 Å². The maximum absolute atomic E-state index is 13.6. The molecule has 0 fully saturated rings. The first-order valence-electron chi connectivity index (χ1n) is 11.3. The predicted molar refractivity (Wildman–Crippen MR) is 139 cm³/mol. The first-order valence-corrected chi connectivity index (χ1v) is 13.6. The molecular formula is C25H34ClN3O5S. The molecule has 0 radical (unpaired) electrons. The Morgan fingerprint density at radius 1 is 1.11 bits per heavy atom. The number of nitrogens with zero attached hydrogens (tertiary/aromatic N) is 2. The molecule has 0 aromatic heterocycles. The van der Waals surface area contributed by atoms with E-state index in [1.54, 1.807) is 57.4 Å². The molecule has 0 unspecified atom stereocenters. The lowest BCUT2D eigenvalue weighted by Gasteiger charge is -2.32. The van der Waals surface area contributed by atoms with Gasteiger partial charge in [0.15, 0.2) is 0 Å². The second-order valence-corrected chi connectivity index (χ2v) is 10.9. The molecule has 0 aliphatic heterocycles. The highest BCUT2D eigenvalue weighted by Crippen LogP contribution is 2.27. The Morgan fingerprint density at radius 2 is 1.74 bits per heavy atom. The molecule has 8 nitrogen and oxygen atoms in total. The van der Waals surface area contributed by atoms with Gasteiger partial charge in [0.05, 0.1) is 19.1 Å². The number of methoxy groups -OCH3 is 1. The van der Waals surface area contributed by atoms with E-state index in [0.717, 1.165) is 22.5 Å². The van der Waals surface area contributed by atoms with Crippen LogP contribution in [0.5, 0.6) is 5.75 Å². The summed E-state index contributed by atoms with van der Waals surface area (Å²) in [5, 5.41) is 3.25. The number of sulfonamides is 1. The van der Waals surface area contributed by atoms with Crippen LogP contribution in [0.3, 0.4) is 0 Å². The predicted octanol–water partition coefficient (Wildman–Crippen LogP) is 3.76. The number of carbonyl (C=O) groups excluding carboxylic acids is 2. The molecule has 2 aromatic rings. The molecule has 2 aromatic carbocycles. The lowest BCUT2D eigenvalue weighted by atomic mass is 10.1. The SMILES string of the molecule is CC[C@H](C)NC(=O)[C@H](C)N(Cc1ccc(OC)cc1)C(=O)CN(c1cc(Cl)ccc1C)S(C)(=O)=O. The van der Waals surface area contributed by atoms with Crippen LogP contribution in [-0.4, -0.2) is 57.1 Å². The van der Waals surface area contributed by atoms with Crippen molar-refractivity contribution in [1.29, 1.82) is 0 Å². The van der Waals surface area contributed by atoms with E-state index >= 15 is 0 Å². The van der Waals surface area contributed by atoms with Crippen LogP contribution in [0.2, 0.25) is 5.02 Å². The molecule has 0 saturated carbocycles. The van der Waals surface area contributed by atoms with Gasteiger partial charge in [-0.3, -0.25) is 13.9 Å². The standard InChI is InChI=1S/C25H34ClN3O5S/c1-7-18(3)27-25(31)19(4)28(15-20-9-12-22(34-5)13-10-20)24(30)16-29(35(6,32)33)23-14-21(26)11-8-17(23)2/h8-14,18-19H,7,15-16H2,1-6H3,(H,27,31)/t18-,19-/m0/s1. The van der Waals surface area contributed by atoms with Crippen LogP contribution >= 0.6 is 11.6 Å². The number of aryl methyl sites for hydroxylation is 1. The number of hydrogen-bond donors (Lipinski definition) is 1. The third kappa shape index (κ3) is 7.86. The highest BCUT2D eigenvalue weighted by atomic mass is 35.5. The molecule has 1 N–H and O–H groups in total. The van der Waals surface area contributed by atoms with E-state index in [-0.39, 0.29) is 18.5 Å². The first kappa shape index (κ1) is 28.5. The number of rotatable bonds is 11. The topological polar surface area (TPSA) is 96.0 Å². The number of nitrogens with one attached hydrogen (secondary N) is 1. The summed E-state index contributed by atoms with van der Waals surface area (Å²) in [5.74, 6) is -0.169. The zero-order valence-corrected chi connectivity index (χ0v) is 22.6. The fourth-order valence-corrected chi connectivity index (χ4v) is 4.49. The molecule has 2 atom stereocenters. The molecule has 2 rings (SSSR count). The van der Waals surface area contributed by atoms with Crippen molar-refractivity contribution in [3.8, 4) is 5.75 Å². The molecule has 35 heavy (non-hydrogen) atoms. The zero-order chi connectivity index (χ0) is 26.3. The van der Waals surface area contributed by atoms with Crippen molar-refractivity contribution >= 4 is 39.1 Å². The molecule has 0 heterocycles. The average Bonchev–Trinajstić information content (AvgIpc) is 2.81. The van der Waals surface area contributed by atoms with E-state index in [0.29, 0.717) is 22.0 Å². The molecule has 0 saturated heterocycles. The minimum Gasteiger partial charge on any atom is -0.497 e. The molecular weight excluding hydrogens is 490 g/mol. The summed E-state index contributed by atoms with van der Waals surface area (Å²) in [6, 6.07) is 11.1. The van der Waals surface area contributed by atoms with Crippen molar-refractivity contribution in [2.24, 2.45) is 0 Å². The second kappa shape index (κ2) is 12.3. The van der Waals surface area contributed by atoms with Crippen molar-refractivity contribution in [3.05, 3.63) is 58.6 Å². The van der Waals surface area contributed by atoms with Gasteiger partial charge in [0.25, 0.3) is 0 Å². The Labute approximate surface area is 213 Å². The summed E-state index contributed by atoms with van der Waals surface area (Å²) in [5.41, 5.74) is 1.73. The van der Waals surface area contributed by atoms with E-state index in [9.17, 15) is 18.0 Å². The lowest BCUT2D eigenvalue weighted by Crippen LogP contribution is -2.52. The van der Waals surface area contributed by atoms with Crippen molar-refractivity contribution in [2.45, 2.75) is 52.7 Å². The van der Waals surface area contributed by atoms with E-state index < -0.39 is 28.5 Å². The Kier molecular flexibility index (Phi) is 9.97. The molecule has 10 heteroatoms. The van der Waals surface area contributed by atoms with Crippen LogP contribution in [0.15, 0.2) is 42.5 Å². The van der Waals surface area contributed by atoms with Crippen molar-refractivity contribution in [3.63, 3.8) is 0 Å². The Morgan fingerprint density at radius 3 is 2.29 bits per heavy atom. The van der Waals surface area contributed by atoms with Crippen LogP contribution < -0.4 is 14.4 Å². The van der Waals surface area contributed by atoms with Gasteiger partial charge in [-0.05, 0) is 62.6 Å². The quantitative estimate of drug-likeness (QED) is 0.484. The van der Waals surface area contributed by atoms with Crippen LogP contribution in [-0.2, 0) is 26.2 Å². The monoisotopic (exact) mass is 523 g/mol. The van der Waals surface area contributed by atoms with Crippen LogP contribution in [0.25, 0.3) is 0 Å². The van der Waals surface area contributed by atoms with Crippen molar-refractivity contribution < 1.29 is 22.7 Å². The molecule has 0 aliphatic rings. The van der Waals surface area contributed by atoms with Gasteiger partial charge in [0, 0.05) is 17.6 Å². The number of anilines is 1. The van der Waals surface area contributed by atoms with Crippen molar-refractivity contribution in [1.82, 2.24) is 10.2 Å². The number of benzene rings is 2. The fourth-order valence-electron chi connectivity index (χ4n) is 3.42. The van der Waals surface area contributed by atoms with Gasteiger partial charge in [0.2, 0.25) is 21.8 Å². The minimum absolute atomic E-state index is 0.0653. The molecule has 0 bridgehead atoms. The fraction of sp³-hybridized carbons (Fsp3) is 0.440. The number of carbonyl (C=O) groups is 2. The maximum atomic E-state index is 13.6. The summed E-state index contributed by atoms with van der Waals surface area (Å²) in [7, 11) is -2.27. The van der Waals surface area contributed by atoms with Crippen LogP contribution in [0.1, 0.15) is 38.3 Å². The minimum atomic E-state index is -3.83. The smallest absolute Gasteiger partial charge is 0.244 e. The summed E-state index contributed by atoms with van der Waals surface area (Å²) in [4.78, 5) is 27.9. The van der Waals surface area contributed by atoms with Gasteiger partial charge in [-0.2, -0.15) is 0 Å². The van der Waals surface area contributed by atoms with Gasteiger partial charge >= 0.3 is 0 Å². The summed E-state index contributed by atoms with van der Waals surface area (Å²) >= 11 is 6.12. The van der Waals surface area contributed by atoms with Gasteiger partial charge in [-0.15, -0.1) is 0 Å². The largest absolute Gasteiger partial charge is 0.497 e. The molecule has 0 spiro atoms. The molecule has 0 aliphatic carbocycles. The van der Waals surface area contributed by atoms with Crippen molar-refractivity contribution in [2.75, 3.05) is 24.2 Å². The van der Waals surface area contributed by atoms with E-state index in [1.807, 2.05) is 13.8 Å².